The highest BCUT2D eigenvalue weighted by atomic mass is 28.4. The lowest BCUT2D eigenvalue weighted by Crippen LogP contribution is -2.26. The van der Waals surface area contributed by atoms with E-state index in [1.165, 1.54) is 0 Å². The Kier molecular flexibility index (Phi) is 4.94. The van der Waals surface area contributed by atoms with Crippen LogP contribution in [0.3, 0.4) is 0 Å². The molecule has 0 aliphatic rings. The summed E-state index contributed by atoms with van der Waals surface area (Å²) in [6.45, 7) is 10.9. The summed E-state index contributed by atoms with van der Waals surface area (Å²) in [4.78, 5) is 0. The van der Waals surface area contributed by atoms with Crippen molar-refractivity contribution in [3.05, 3.63) is 12.2 Å². The summed E-state index contributed by atoms with van der Waals surface area (Å²) in [5.41, 5.74) is 0.913. The van der Waals surface area contributed by atoms with Crippen LogP contribution in [0, 0.1) is 0 Å². The molecule has 0 aliphatic heterocycles. The molecule has 0 heterocycles. The van der Waals surface area contributed by atoms with Crippen molar-refractivity contribution < 1.29 is 4.43 Å². The highest BCUT2D eigenvalue weighted by Gasteiger charge is 2.13. The predicted octanol–water partition coefficient (Wildman–Crippen LogP) is 1.94. The van der Waals surface area contributed by atoms with Crippen molar-refractivity contribution in [2.45, 2.75) is 19.6 Å². The second kappa shape index (κ2) is 5.19. The Morgan fingerprint density at radius 1 is 1.46 bits per heavy atom. The molecule has 3 nitrogen and oxygen atoms in total. The largest absolute Gasteiger partial charge is 0.413 e. The maximum absolute atomic E-state index is 5.65. The van der Waals surface area contributed by atoms with Crippen LogP contribution >= 0.6 is 0 Å². The second-order valence-corrected chi connectivity index (χ2v) is 8.66. The molecular weight excluding hydrogens is 180 g/mol. The molecule has 0 bridgehead atoms. The van der Waals surface area contributed by atoms with E-state index < -0.39 is 8.32 Å². The summed E-state index contributed by atoms with van der Waals surface area (Å²) in [5.74, 6) is 0. The summed E-state index contributed by atoms with van der Waals surface area (Å²) in [5, 5.41) is 5.81. The highest BCUT2D eigenvalue weighted by molar-refractivity contribution is 6.69. The van der Waals surface area contributed by atoms with Gasteiger partial charge in [0.05, 0.1) is 12.8 Å². The first-order valence-corrected chi connectivity index (χ1v) is 7.75. The van der Waals surface area contributed by atoms with Gasteiger partial charge >= 0.3 is 0 Å². The van der Waals surface area contributed by atoms with Crippen molar-refractivity contribution in [1.29, 1.82) is 0 Å². The summed E-state index contributed by atoms with van der Waals surface area (Å²) in [7, 11) is 2.34. The van der Waals surface area contributed by atoms with E-state index in [1.807, 2.05) is 14.1 Å². The van der Waals surface area contributed by atoms with E-state index >= 15 is 0 Å². The van der Waals surface area contributed by atoms with Crippen molar-refractivity contribution >= 4 is 14.5 Å². The van der Waals surface area contributed by atoms with Crippen molar-refractivity contribution in [3.8, 4) is 0 Å². The minimum absolute atomic E-state index is 0.590. The number of hydrogen-bond acceptors (Lipinski definition) is 3. The van der Waals surface area contributed by atoms with Gasteiger partial charge in [-0.3, -0.25) is 0 Å². The van der Waals surface area contributed by atoms with Gasteiger partial charge in [-0.05, 0) is 25.2 Å². The maximum atomic E-state index is 5.65. The lowest BCUT2D eigenvalue weighted by molar-refractivity contribution is 0.352. The van der Waals surface area contributed by atoms with Crippen LogP contribution in [-0.2, 0) is 4.43 Å². The van der Waals surface area contributed by atoms with Crippen LogP contribution in [0.25, 0.3) is 0 Å². The van der Waals surface area contributed by atoms with Gasteiger partial charge in [0.25, 0.3) is 0 Å². The average molecular weight is 200 g/mol. The highest BCUT2D eigenvalue weighted by Crippen LogP contribution is 2.03. The monoisotopic (exact) mass is 200 g/mol. The van der Waals surface area contributed by atoms with Gasteiger partial charge in [-0.2, -0.15) is 5.10 Å². The quantitative estimate of drug-likeness (QED) is 0.385. The van der Waals surface area contributed by atoms with Crippen LogP contribution in [0.15, 0.2) is 17.3 Å². The molecule has 0 amide bonds. The van der Waals surface area contributed by atoms with Gasteiger partial charge in [0.2, 0.25) is 0 Å². The van der Waals surface area contributed by atoms with Gasteiger partial charge < -0.3 is 9.43 Å². The molecule has 0 aliphatic carbocycles. The minimum Gasteiger partial charge on any atom is -0.413 e. The third-order valence-corrected chi connectivity index (χ3v) is 2.17. The van der Waals surface area contributed by atoms with Crippen LogP contribution in [0.4, 0.5) is 0 Å². The van der Waals surface area contributed by atoms with E-state index in [0.29, 0.717) is 6.61 Å². The van der Waals surface area contributed by atoms with E-state index in [2.05, 4.69) is 31.3 Å². The molecule has 0 saturated heterocycles. The molecule has 0 unspecified atom stereocenters. The summed E-state index contributed by atoms with van der Waals surface area (Å²) >= 11 is 0. The van der Waals surface area contributed by atoms with E-state index in [-0.39, 0.29) is 0 Å². The third kappa shape index (κ3) is 9.30. The fourth-order valence-corrected chi connectivity index (χ4v) is 1.16. The lowest BCUT2D eigenvalue weighted by Gasteiger charge is -2.16. The molecule has 0 saturated carbocycles. The Morgan fingerprint density at radius 3 is 2.38 bits per heavy atom. The summed E-state index contributed by atoms with van der Waals surface area (Å²) in [6.07, 6.45) is 1.74. The number of nitrogens with zero attached hydrogens (tertiary/aromatic N) is 2. The molecule has 0 radical (unpaired) electrons. The zero-order valence-electron chi connectivity index (χ0n) is 9.29. The molecule has 0 N–H and O–H groups in total. The average Bonchev–Trinajstić information content (AvgIpc) is 1.95. The molecular formula is C9H20N2OSi. The van der Waals surface area contributed by atoms with E-state index in [0.717, 1.165) is 5.57 Å². The third-order valence-electron chi connectivity index (χ3n) is 1.16. The summed E-state index contributed by atoms with van der Waals surface area (Å²) < 4.78 is 5.65. The van der Waals surface area contributed by atoms with Crippen molar-refractivity contribution in [3.63, 3.8) is 0 Å². The van der Waals surface area contributed by atoms with E-state index in [9.17, 15) is 0 Å². The molecule has 76 valence electrons. The Balaban J connectivity index is 3.77. The van der Waals surface area contributed by atoms with Gasteiger partial charge in [0, 0.05) is 14.1 Å². The zero-order valence-corrected chi connectivity index (χ0v) is 10.3. The SMILES string of the molecule is C=C(/C=N/N(C)C)CO[Si](C)(C)C. The zero-order chi connectivity index (χ0) is 10.5. The number of hydrazone groups is 1. The molecule has 0 atom stereocenters. The second-order valence-electron chi connectivity index (χ2n) is 4.15. The van der Waals surface area contributed by atoms with Crippen molar-refractivity contribution in [2.24, 2.45) is 5.10 Å². The van der Waals surface area contributed by atoms with E-state index in [4.69, 9.17) is 4.43 Å². The van der Waals surface area contributed by atoms with Gasteiger partial charge in [-0.15, -0.1) is 0 Å². The number of rotatable bonds is 5. The smallest absolute Gasteiger partial charge is 0.184 e. The maximum Gasteiger partial charge on any atom is 0.184 e. The van der Waals surface area contributed by atoms with Crippen molar-refractivity contribution in [1.82, 2.24) is 5.01 Å². The summed E-state index contributed by atoms with van der Waals surface area (Å²) in [6, 6.07) is 0. The van der Waals surface area contributed by atoms with Crippen LogP contribution in [0.5, 0.6) is 0 Å². The first-order valence-electron chi connectivity index (χ1n) is 4.34. The van der Waals surface area contributed by atoms with Crippen LogP contribution in [-0.4, -0.2) is 40.2 Å². The van der Waals surface area contributed by atoms with E-state index in [1.54, 1.807) is 11.2 Å². The number of hydrogen-bond donors (Lipinski definition) is 0. The van der Waals surface area contributed by atoms with Gasteiger partial charge in [0.15, 0.2) is 8.32 Å². The Morgan fingerprint density at radius 2 is 2.00 bits per heavy atom. The van der Waals surface area contributed by atoms with Crippen LogP contribution in [0.1, 0.15) is 0 Å². The first-order chi connectivity index (χ1) is 5.81. The fraction of sp³-hybridized carbons (Fsp3) is 0.667. The first kappa shape index (κ1) is 12.4. The molecule has 0 rings (SSSR count). The molecule has 0 spiro atoms. The van der Waals surface area contributed by atoms with Crippen molar-refractivity contribution in [2.75, 3.05) is 20.7 Å². The molecule has 0 aromatic heterocycles. The van der Waals surface area contributed by atoms with Crippen LogP contribution < -0.4 is 0 Å². The molecule has 0 fully saturated rings. The molecule has 0 aromatic rings. The Bertz CT molecular complexity index is 194. The lowest BCUT2D eigenvalue weighted by atomic mass is 10.4. The van der Waals surface area contributed by atoms with Gasteiger partial charge in [-0.25, -0.2) is 0 Å². The Labute approximate surface area is 82.2 Å². The standard InChI is InChI=1S/C9H20N2OSi/c1-9(7-10-11(2)3)8-12-13(4,5)6/h7H,1,8H2,2-6H3/b10-7+. The molecule has 13 heavy (non-hydrogen) atoms. The topological polar surface area (TPSA) is 24.8 Å². The predicted molar refractivity (Wildman–Crippen MR) is 60.6 cm³/mol. The minimum atomic E-state index is -1.41. The van der Waals surface area contributed by atoms with Crippen LogP contribution in [0.2, 0.25) is 19.6 Å². The normalized spacial score (nSPS) is 12.1. The van der Waals surface area contributed by atoms with Gasteiger partial charge in [-0.1, -0.05) is 6.58 Å². The fourth-order valence-electron chi connectivity index (χ4n) is 0.544. The molecule has 4 heteroatoms. The van der Waals surface area contributed by atoms with Gasteiger partial charge in [0.1, 0.15) is 0 Å². The Hall–Kier alpha value is -0.613. The molecule has 0 aromatic carbocycles.